The second kappa shape index (κ2) is 14.3. The lowest BCUT2D eigenvalue weighted by Gasteiger charge is -2.29. The maximum Gasteiger partial charge on any atom is 0.196 e. The second-order valence-electron chi connectivity index (χ2n) is 15.7. The number of nitrogens with one attached hydrogen (secondary N) is 1. The van der Waals surface area contributed by atoms with Crippen molar-refractivity contribution in [2.45, 2.75) is 6.23 Å². The number of rotatable bonds is 7. The van der Waals surface area contributed by atoms with Crippen LogP contribution in [0.1, 0.15) is 11.8 Å². The molecule has 1 N–H and O–H groups in total. The SMILES string of the molecule is c1ccc(-c2ccccc2-c2ccccc2N(c2ccc3ccc4ccc5c(c4c3c2)NC(c2ccccc2)O5)c2ccc3c(c2)c2ccccc2n3-c2ccccc2)cc1. The maximum absolute atomic E-state index is 6.57. The van der Waals surface area contributed by atoms with E-state index in [4.69, 9.17) is 4.74 Å². The van der Waals surface area contributed by atoms with Crippen LogP contribution in [-0.2, 0) is 0 Å². The lowest BCUT2D eigenvalue weighted by molar-refractivity contribution is 0.260. The first-order chi connectivity index (χ1) is 30.3. The molecule has 2 heterocycles. The molecule has 1 aliphatic rings. The Bertz CT molecular complexity index is 3430. The molecule has 1 aromatic heterocycles. The summed E-state index contributed by atoms with van der Waals surface area (Å²) in [4.78, 5) is 2.45. The summed E-state index contributed by atoms with van der Waals surface area (Å²) in [5, 5.41) is 10.8. The summed E-state index contributed by atoms with van der Waals surface area (Å²) in [7, 11) is 0. The van der Waals surface area contributed by atoms with Crippen LogP contribution < -0.4 is 15.0 Å². The Morgan fingerprint density at radius 2 is 1.03 bits per heavy atom. The van der Waals surface area contributed by atoms with Crippen LogP contribution in [0, 0.1) is 0 Å². The Morgan fingerprint density at radius 1 is 0.443 bits per heavy atom. The summed E-state index contributed by atoms with van der Waals surface area (Å²) < 4.78 is 8.94. The first kappa shape index (κ1) is 34.9. The minimum atomic E-state index is -0.266. The summed E-state index contributed by atoms with van der Waals surface area (Å²) in [6, 6.07) is 80.7. The number of hydrogen-bond acceptors (Lipinski definition) is 3. The third-order valence-corrected chi connectivity index (χ3v) is 12.2. The first-order valence-electron chi connectivity index (χ1n) is 20.9. The molecule has 0 saturated heterocycles. The Kier molecular flexibility index (Phi) is 8.20. The average Bonchev–Trinajstić information content (AvgIpc) is 3.92. The minimum absolute atomic E-state index is 0.266. The van der Waals surface area contributed by atoms with Crippen LogP contribution in [0.3, 0.4) is 0 Å². The van der Waals surface area contributed by atoms with Gasteiger partial charge in [-0.2, -0.15) is 0 Å². The second-order valence-corrected chi connectivity index (χ2v) is 15.7. The molecule has 0 radical (unpaired) electrons. The van der Waals surface area contributed by atoms with Crippen LogP contribution in [0.5, 0.6) is 5.75 Å². The predicted molar refractivity (Wildman–Crippen MR) is 255 cm³/mol. The molecule has 10 aromatic carbocycles. The van der Waals surface area contributed by atoms with Gasteiger partial charge in [-0.25, -0.2) is 0 Å². The van der Waals surface area contributed by atoms with Crippen molar-refractivity contribution in [1.82, 2.24) is 4.57 Å². The number of nitrogens with zero attached hydrogens (tertiary/aromatic N) is 2. The molecule has 4 heteroatoms. The van der Waals surface area contributed by atoms with Crippen molar-refractivity contribution >= 4 is 66.1 Å². The van der Waals surface area contributed by atoms with Gasteiger partial charge in [0.15, 0.2) is 6.23 Å². The van der Waals surface area contributed by atoms with Crippen molar-refractivity contribution in [1.29, 1.82) is 0 Å². The number of aromatic nitrogens is 1. The van der Waals surface area contributed by atoms with Gasteiger partial charge < -0.3 is 19.5 Å². The van der Waals surface area contributed by atoms with Crippen molar-refractivity contribution in [3.63, 3.8) is 0 Å². The van der Waals surface area contributed by atoms with Gasteiger partial charge in [-0.15, -0.1) is 0 Å². The Labute approximate surface area is 354 Å². The molecule has 11 aromatic rings. The topological polar surface area (TPSA) is 29.4 Å². The van der Waals surface area contributed by atoms with E-state index in [1.807, 2.05) is 6.07 Å². The van der Waals surface area contributed by atoms with E-state index in [-0.39, 0.29) is 6.23 Å². The largest absolute Gasteiger partial charge is 0.464 e. The maximum atomic E-state index is 6.57. The molecule has 0 bridgehead atoms. The highest BCUT2D eigenvalue weighted by molar-refractivity contribution is 6.16. The first-order valence-corrected chi connectivity index (χ1v) is 20.9. The number of para-hydroxylation sites is 3. The zero-order valence-corrected chi connectivity index (χ0v) is 33.2. The van der Waals surface area contributed by atoms with Crippen molar-refractivity contribution in [3.8, 4) is 33.7 Å². The summed E-state index contributed by atoms with van der Waals surface area (Å²) in [5.74, 6) is 0.860. The number of benzene rings is 10. The molecule has 1 unspecified atom stereocenters. The molecule has 288 valence electrons. The molecule has 61 heavy (non-hydrogen) atoms. The minimum Gasteiger partial charge on any atom is -0.464 e. The highest BCUT2D eigenvalue weighted by atomic mass is 16.5. The quantitative estimate of drug-likeness (QED) is 0.163. The average molecular weight is 782 g/mol. The Morgan fingerprint density at radius 3 is 1.85 bits per heavy atom. The zero-order valence-electron chi connectivity index (χ0n) is 33.2. The van der Waals surface area contributed by atoms with Crippen molar-refractivity contribution < 1.29 is 4.74 Å². The fourth-order valence-corrected chi connectivity index (χ4v) is 9.43. The molecule has 1 atom stereocenters. The fraction of sp³-hybridized carbons (Fsp3) is 0.0175. The number of ether oxygens (including phenoxy) is 1. The lowest BCUT2D eigenvalue weighted by Crippen LogP contribution is -2.11. The van der Waals surface area contributed by atoms with Gasteiger partial charge in [0, 0.05) is 44.3 Å². The normalized spacial score (nSPS) is 13.3. The van der Waals surface area contributed by atoms with Gasteiger partial charge in [0.25, 0.3) is 0 Å². The smallest absolute Gasteiger partial charge is 0.196 e. The van der Waals surface area contributed by atoms with Crippen LogP contribution >= 0.6 is 0 Å². The standard InChI is InChI=1S/C57H39N3O/c1-4-16-38(17-5-1)45-22-10-11-23-46(45)47-24-12-14-26-51(47)59(44-33-34-53-50(37-44)48-25-13-15-27-52(48)60(53)42-20-8-3-9-21-42)43-32-30-39-28-29-40-31-35-54-56(55(40)49(39)36-43)58-57(61-54)41-18-6-2-7-19-41/h1-37,57-58H. The van der Waals surface area contributed by atoms with Crippen LogP contribution in [0.2, 0.25) is 0 Å². The summed E-state index contributed by atoms with van der Waals surface area (Å²) in [6.45, 7) is 0. The molecule has 0 saturated carbocycles. The van der Waals surface area contributed by atoms with Crippen LogP contribution in [0.15, 0.2) is 224 Å². The molecular formula is C57H39N3O. The van der Waals surface area contributed by atoms with Gasteiger partial charge in [-0.3, -0.25) is 0 Å². The van der Waals surface area contributed by atoms with Gasteiger partial charge in [0.2, 0.25) is 0 Å². The van der Waals surface area contributed by atoms with E-state index in [2.05, 4.69) is 233 Å². The van der Waals surface area contributed by atoms with E-state index in [1.54, 1.807) is 0 Å². The highest BCUT2D eigenvalue weighted by Crippen LogP contribution is 2.49. The van der Waals surface area contributed by atoms with Gasteiger partial charge in [-0.05, 0) is 93.5 Å². The van der Waals surface area contributed by atoms with E-state index < -0.39 is 0 Å². The Balaban J connectivity index is 1.11. The van der Waals surface area contributed by atoms with E-state index >= 15 is 0 Å². The summed E-state index contributed by atoms with van der Waals surface area (Å²) in [5.41, 5.74) is 13.5. The predicted octanol–water partition coefficient (Wildman–Crippen LogP) is 15.4. The third-order valence-electron chi connectivity index (χ3n) is 12.2. The molecule has 0 aliphatic carbocycles. The van der Waals surface area contributed by atoms with Crippen LogP contribution in [-0.4, -0.2) is 4.57 Å². The molecular weight excluding hydrogens is 743 g/mol. The molecule has 0 amide bonds. The van der Waals surface area contributed by atoms with E-state index in [0.717, 1.165) is 67.0 Å². The number of anilines is 4. The van der Waals surface area contributed by atoms with Gasteiger partial charge >= 0.3 is 0 Å². The monoisotopic (exact) mass is 781 g/mol. The molecule has 1 aliphatic heterocycles. The van der Waals surface area contributed by atoms with Crippen molar-refractivity contribution in [2.24, 2.45) is 0 Å². The number of hydrogen-bond donors (Lipinski definition) is 1. The van der Waals surface area contributed by atoms with E-state index in [9.17, 15) is 0 Å². The lowest BCUT2D eigenvalue weighted by atomic mass is 9.93. The van der Waals surface area contributed by atoms with Gasteiger partial charge in [0.05, 0.1) is 22.4 Å². The Hall–Kier alpha value is -8.08. The molecule has 0 fully saturated rings. The van der Waals surface area contributed by atoms with E-state index in [0.29, 0.717) is 0 Å². The third kappa shape index (κ3) is 5.83. The highest BCUT2D eigenvalue weighted by Gasteiger charge is 2.27. The van der Waals surface area contributed by atoms with Crippen molar-refractivity contribution in [3.05, 3.63) is 230 Å². The molecule has 12 rings (SSSR count). The number of fused-ring (bicyclic) bond motifs is 8. The summed E-state index contributed by atoms with van der Waals surface area (Å²) in [6.07, 6.45) is -0.266. The van der Waals surface area contributed by atoms with Gasteiger partial charge in [0.1, 0.15) is 5.75 Å². The van der Waals surface area contributed by atoms with Gasteiger partial charge in [-0.1, -0.05) is 164 Å². The molecule has 4 nitrogen and oxygen atoms in total. The van der Waals surface area contributed by atoms with Crippen LogP contribution in [0.25, 0.3) is 71.3 Å². The fourth-order valence-electron chi connectivity index (χ4n) is 9.43. The van der Waals surface area contributed by atoms with Crippen molar-refractivity contribution in [2.75, 3.05) is 10.2 Å². The zero-order chi connectivity index (χ0) is 40.3. The molecule has 0 spiro atoms. The summed E-state index contributed by atoms with van der Waals surface area (Å²) >= 11 is 0. The van der Waals surface area contributed by atoms with E-state index in [1.165, 1.54) is 38.4 Å². The van der Waals surface area contributed by atoms with Crippen LogP contribution in [0.4, 0.5) is 22.7 Å².